The van der Waals surface area contributed by atoms with Gasteiger partial charge in [0.1, 0.15) is 0 Å². The van der Waals surface area contributed by atoms with Crippen LogP contribution in [-0.4, -0.2) is 17.6 Å². The van der Waals surface area contributed by atoms with Crippen LogP contribution in [-0.2, 0) is 0 Å². The van der Waals surface area contributed by atoms with E-state index in [1.807, 2.05) is 68.5 Å². The maximum Gasteiger partial charge on any atom is 0.343 e. The van der Waals surface area contributed by atoms with E-state index in [1.54, 1.807) is 24.4 Å². The van der Waals surface area contributed by atoms with Gasteiger partial charge in [-0.3, -0.25) is 4.98 Å². The van der Waals surface area contributed by atoms with Crippen LogP contribution in [0.3, 0.4) is 0 Å². The van der Waals surface area contributed by atoms with Crippen LogP contribution >= 0.6 is 0 Å². The van der Waals surface area contributed by atoms with Gasteiger partial charge in [-0.05, 0) is 61.9 Å². The van der Waals surface area contributed by atoms with Gasteiger partial charge in [-0.2, -0.15) is 0 Å². The smallest absolute Gasteiger partial charge is 0.343 e. The topological polar surface area (TPSA) is 48.4 Å². The number of carbonyl (C=O) groups excluding carboxylic acids is 1. The molecule has 0 fully saturated rings. The maximum atomic E-state index is 12.4. The first kappa shape index (κ1) is 18.4. The molecule has 0 aliphatic heterocycles. The van der Waals surface area contributed by atoms with Crippen molar-refractivity contribution in [2.24, 2.45) is 0 Å². The van der Waals surface area contributed by atoms with Crippen molar-refractivity contribution in [1.82, 2.24) is 4.98 Å². The Hall–Kier alpha value is -3.40. The lowest BCUT2D eigenvalue weighted by atomic mass is 10.1. The van der Waals surface area contributed by atoms with Crippen LogP contribution in [0.1, 0.15) is 34.1 Å². The average molecular weight is 359 g/mol. The highest BCUT2D eigenvalue weighted by Crippen LogP contribution is 2.30. The third kappa shape index (κ3) is 5.05. The van der Waals surface area contributed by atoms with E-state index in [0.717, 1.165) is 16.8 Å². The third-order valence-electron chi connectivity index (χ3n) is 3.86. The lowest BCUT2D eigenvalue weighted by molar-refractivity contribution is 0.0728. The van der Waals surface area contributed by atoms with E-state index in [1.165, 1.54) is 0 Å². The van der Waals surface area contributed by atoms with Gasteiger partial charge in [0.05, 0.1) is 17.9 Å². The molecule has 3 aromatic rings. The Morgan fingerprint density at radius 1 is 1.00 bits per heavy atom. The summed E-state index contributed by atoms with van der Waals surface area (Å²) in [5.74, 6) is 0.524. The second-order valence-corrected chi connectivity index (χ2v) is 5.99. The van der Waals surface area contributed by atoms with E-state index in [2.05, 4.69) is 4.98 Å². The second kappa shape index (κ2) is 8.81. The molecular formula is C23H21NO3. The molecule has 1 heterocycles. The Labute approximate surface area is 159 Å². The fourth-order valence-electron chi connectivity index (χ4n) is 2.57. The largest absolute Gasteiger partial charge is 0.490 e. The molecule has 1 aromatic heterocycles. The van der Waals surface area contributed by atoms with E-state index < -0.39 is 5.97 Å². The van der Waals surface area contributed by atoms with Gasteiger partial charge in [0.2, 0.25) is 0 Å². The van der Waals surface area contributed by atoms with E-state index in [9.17, 15) is 4.79 Å². The van der Waals surface area contributed by atoms with Gasteiger partial charge in [-0.15, -0.1) is 0 Å². The van der Waals surface area contributed by atoms with Crippen LogP contribution < -0.4 is 9.47 Å². The Kier molecular flexibility index (Phi) is 6.00. The highest BCUT2D eigenvalue weighted by Gasteiger charge is 2.13. The van der Waals surface area contributed by atoms with Crippen molar-refractivity contribution in [1.29, 1.82) is 0 Å². The van der Waals surface area contributed by atoms with E-state index in [-0.39, 0.29) is 0 Å². The van der Waals surface area contributed by atoms with Gasteiger partial charge >= 0.3 is 5.97 Å². The molecule has 0 aliphatic rings. The highest BCUT2D eigenvalue weighted by atomic mass is 16.6. The molecule has 0 N–H and O–H groups in total. The van der Waals surface area contributed by atoms with Gasteiger partial charge in [0.25, 0.3) is 0 Å². The zero-order chi connectivity index (χ0) is 19.1. The minimum Gasteiger partial charge on any atom is -0.490 e. The maximum absolute atomic E-state index is 12.4. The van der Waals surface area contributed by atoms with E-state index >= 15 is 0 Å². The van der Waals surface area contributed by atoms with Gasteiger partial charge in [0.15, 0.2) is 11.5 Å². The number of aryl methyl sites for hydroxylation is 1. The molecule has 4 nitrogen and oxygen atoms in total. The fourth-order valence-corrected chi connectivity index (χ4v) is 2.57. The van der Waals surface area contributed by atoms with Gasteiger partial charge in [-0.1, -0.05) is 35.9 Å². The number of benzene rings is 2. The summed E-state index contributed by atoms with van der Waals surface area (Å²) in [5.41, 5.74) is 3.31. The van der Waals surface area contributed by atoms with E-state index in [4.69, 9.17) is 9.47 Å². The van der Waals surface area contributed by atoms with Crippen molar-refractivity contribution < 1.29 is 14.3 Å². The first-order valence-corrected chi connectivity index (χ1v) is 8.80. The molecule has 4 heteroatoms. The standard InChI is InChI=1S/C23H21NO3/c1-3-26-22-16-18(10-12-20-9-4-5-14-24-20)11-13-21(22)27-23(25)19-8-6-7-17(2)15-19/h4-16H,3H2,1-2H3/b12-10+. The molecule has 0 bridgehead atoms. The molecule has 0 unspecified atom stereocenters. The molecule has 0 amide bonds. The van der Waals surface area contributed by atoms with Crippen molar-refractivity contribution >= 4 is 18.1 Å². The minimum absolute atomic E-state index is 0.401. The number of nitrogens with zero attached hydrogens (tertiary/aromatic N) is 1. The normalized spacial score (nSPS) is 10.7. The number of pyridine rings is 1. The highest BCUT2D eigenvalue weighted by molar-refractivity contribution is 5.91. The summed E-state index contributed by atoms with van der Waals surface area (Å²) in [7, 11) is 0. The Balaban J connectivity index is 1.81. The van der Waals surface area contributed by atoms with Crippen LogP contribution in [0.25, 0.3) is 12.2 Å². The molecule has 0 saturated heterocycles. The van der Waals surface area contributed by atoms with Gasteiger partial charge in [0, 0.05) is 6.20 Å². The van der Waals surface area contributed by atoms with Gasteiger partial charge < -0.3 is 9.47 Å². The summed E-state index contributed by atoms with van der Waals surface area (Å²) in [5, 5.41) is 0. The monoisotopic (exact) mass is 359 g/mol. The zero-order valence-electron chi connectivity index (χ0n) is 15.4. The molecule has 2 aromatic carbocycles. The summed E-state index contributed by atoms with van der Waals surface area (Å²) in [6.07, 6.45) is 5.61. The number of esters is 1. The van der Waals surface area contributed by atoms with Gasteiger partial charge in [-0.25, -0.2) is 4.79 Å². The third-order valence-corrected chi connectivity index (χ3v) is 3.86. The molecule has 0 radical (unpaired) electrons. The number of hydrogen-bond donors (Lipinski definition) is 0. The summed E-state index contributed by atoms with van der Waals surface area (Å²) in [6.45, 7) is 4.30. The Morgan fingerprint density at radius 3 is 2.63 bits per heavy atom. The van der Waals surface area contributed by atoms with Crippen molar-refractivity contribution in [3.63, 3.8) is 0 Å². The second-order valence-electron chi connectivity index (χ2n) is 5.99. The predicted octanol–water partition coefficient (Wildman–Crippen LogP) is 5.18. The van der Waals surface area contributed by atoms with Crippen molar-refractivity contribution in [2.75, 3.05) is 6.61 Å². The summed E-state index contributed by atoms with van der Waals surface area (Å²) >= 11 is 0. The predicted molar refractivity (Wildman–Crippen MR) is 107 cm³/mol. The van der Waals surface area contributed by atoms with Crippen molar-refractivity contribution in [3.05, 3.63) is 89.2 Å². The number of rotatable bonds is 6. The minimum atomic E-state index is -0.406. The zero-order valence-corrected chi connectivity index (χ0v) is 15.4. The van der Waals surface area contributed by atoms with Crippen molar-refractivity contribution in [3.8, 4) is 11.5 Å². The number of carbonyl (C=O) groups is 1. The van der Waals surface area contributed by atoms with Crippen molar-refractivity contribution in [2.45, 2.75) is 13.8 Å². The van der Waals surface area contributed by atoms with Crippen LogP contribution in [0.5, 0.6) is 11.5 Å². The lowest BCUT2D eigenvalue weighted by Crippen LogP contribution is -2.10. The average Bonchev–Trinajstić information content (AvgIpc) is 2.69. The first-order valence-electron chi connectivity index (χ1n) is 8.80. The number of ether oxygens (including phenoxy) is 2. The van der Waals surface area contributed by atoms with Crippen LogP contribution in [0.2, 0.25) is 0 Å². The molecular weight excluding hydrogens is 338 g/mol. The molecule has 0 spiro atoms. The molecule has 0 aliphatic carbocycles. The SMILES string of the molecule is CCOc1cc(/C=C/c2ccccn2)ccc1OC(=O)c1cccc(C)c1. The Bertz CT molecular complexity index is 949. The molecule has 3 rings (SSSR count). The Morgan fingerprint density at radius 2 is 1.89 bits per heavy atom. The number of hydrogen-bond acceptors (Lipinski definition) is 4. The fraction of sp³-hybridized carbons (Fsp3) is 0.130. The molecule has 0 atom stereocenters. The molecule has 27 heavy (non-hydrogen) atoms. The van der Waals surface area contributed by atoms with Crippen LogP contribution in [0.4, 0.5) is 0 Å². The first-order chi connectivity index (χ1) is 13.2. The van der Waals surface area contributed by atoms with Crippen LogP contribution in [0, 0.1) is 6.92 Å². The molecule has 0 saturated carbocycles. The van der Waals surface area contributed by atoms with Crippen LogP contribution in [0.15, 0.2) is 66.9 Å². The number of aromatic nitrogens is 1. The quantitative estimate of drug-likeness (QED) is 0.449. The lowest BCUT2D eigenvalue weighted by Gasteiger charge is -2.11. The van der Waals surface area contributed by atoms with E-state index in [0.29, 0.717) is 23.7 Å². The summed E-state index contributed by atoms with van der Waals surface area (Å²) < 4.78 is 11.2. The summed E-state index contributed by atoms with van der Waals surface area (Å²) in [6, 6.07) is 18.5. The summed E-state index contributed by atoms with van der Waals surface area (Å²) in [4.78, 5) is 16.7. The molecule has 136 valence electrons.